The van der Waals surface area contributed by atoms with E-state index in [2.05, 4.69) is 15.4 Å². The number of benzene rings is 1. The molecule has 4 rings (SSSR count). The van der Waals surface area contributed by atoms with Gasteiger partial charge in [0.15, 0.2) is 0 Å². The summed E-state index contributed by atoms with van der Waals surface area (Å²) in [6.45, 7) is 0.397. The molecular weight excluding hydrogens is 437 g/mol. The van der Waals surface area contributed by atoms with Crippen LogP contribution in [0.15, 0.2) is 42.9 Å². The molecule has 1 fully saturated rings. The van der Waals surface area contributed by atoms with Gasteiger partial charge in [-0.2, -0.15) is 5.10 Å². The zero-order valence-electron chi connectivity index (χ0n) is 17.0. The summed E-state index contributed by atoms with van der Waals surface area (Å²) in [5.74, 6) is -0.0674. The maximum atomic E-state index is 13.0. The van der Waals surface area contributed by atoms with E-state index in [0.717, 1.165) is 36.0 Å². The molecule has 0 unspecified atom stereocenters. The number of ether oxygens (including phenoxy) is 1. The first kappa shape index (κ1) is 21.6. The Morgan fingerprint density at radius 3 is 2.81 bits per heavy atom. The number of carbonyl (C=O) groups excluding carboxylic acids is 1. The second-order valence-corrected chi connectivity index (χ2v) is 8.48. The Hall–Kier alpha value is -2.61. The van der Waals surface area contributed by atoms with Crippen LogP contribution >= 0.6 is 23.2 Å². The van der Waals surface area contributed by atoms with Crippen LogP contribution in [-0.4, -0.2) is 32.8 Å². The highest BCUT2D eigenvalue weighted by Gasteiger charge is 2.30. The van der Waals surface area contributed by atoms with E-state index in [1.807, 2.05) is 19.3 Å². The van der Waals surface area contributed by atoms with Gasteiger partial charge in [-0.3, -0.25) is 9.48 Å². The molecule has 162 valence electrons. The number of aromatic nitrogens is 3. The molecular formula is C22H23Cl2N5O2. The topological polar surface area (TPSA) is 95.1 Å². The molecule has 1 aromatic carbocycles. The minimum absolute atomic E-state index is 0.0888. The number of hydrogen-bond acceptors (Lipinski definition) is 5. The minimum atomic E-state index is -0.259. The Labute approximate surface area is 190 Å². The number of nitrogens with two attached hydrogens (primary N) is 1. The van der Waals surface area contributed by atoms with Gasteiger partial charge in [0.25, 0.3) is 5.91 Å². The smallest absolute Gasteiger partial charge is 0.255 e. The number of pyridine rings is 1. The fraction of sp³-hybridized carbons (Fsp3) is 0.318. The predicted molar refractivity (Wildman–Crippen MR) is 121 cm³/mol. The van der Waals surface area contributed by atoms with Crippen molar-refractivity contribution >= 4 is 34.9 Å². The van der Waals surface area contributed by atoms with Crippen molar-refractivity contribution < 1.29 is 9.53 Å². The SMILES string of the molecule is Cn1cc(-c2cnc(N)c(C(=O)N[C@@H]3CCC[C@H]3OCc3ccc(Cl)c(Cl)c3)c2)cn1. The minimum Gasteiger partial charge on any atom is -0.383 e. The summed E-state index contributed by atoms with van der Waals surface area (Å²) in [5.41, 5.74) is 8.93. The van der Waals surface area contributed by atoms with Crippen LogP contribution in [0.2, 0.25) is 10.0 Å². The summed E-state index contributed by atoms with van der Waals surface area (Å²) in [4.78, 5) is 17.2. The summed E-state index contributed by atoms with van der Waals surface area (Å²) in [6.07, 6.45) is 7.82. The number of anilines is 1. The number of halogens is 2. The number of carbonyl (C=O) groups is 1. The molecule has 0 saturated heterocycles. The molecule has 2 aromatic heterocycles. The Morgan fingerprint density at radius 2 is 2.06 bits per heavy atom. The molecule has 31 heavy (non-hydrogen) atoms. The van der Waals surface area contributed by atoms with E-state index in [0.29, 0.717) is 22.2 Å². The molecule has 7 nitrogen and oxygen atoms in total. The number of nitrogens with zero attached hydrogens (tertiary/aromatic N) is 3. The molecule has 3 aromatic rings. The van der Waals surface area contributed by atoms with Crippen molar-refractivity contribution in [2.75, 3.05) is 5.73 Å². The van der Waals surface area contributed by atoms with E-state index in [1.165, 1.54) is 0 Å². The molecule has 1 amide bonds. The Kier molecular flexibility index (Phi) is 6.46. The van der Waals surface area contributed by atoms with Gasteiger partial charge in [-0.25, -0.2) is 4.98 Å². The third kappa shape index (κ3) is 5.01. The van der Waals surface area contributed by atoms with Crippen molar-refractivity contribution in [1.29, 1.82) is 0 Å². The molecule has 1 aliphatic carbocycles. The van der Waals surface area contributed by atoms with Crippen LogP contribution in [0, 0.1) is 0 Å². The van der Waals surface area contributed by atoms with Gasteiger partial charge >= 0.3 is 0 Å². The van der Waals surface area contributed by atoms with Crippen LogP contribution < -0.4 is 11.1 Å². The maximum absolute atomic E-state index is 13.0. The van der Waals surface area contributed by atoms with Gasteiger partial charge in [0.1, 0.15) is 5.82 Å². The Bertz CT molecular complexity index is 1100. The molecule has 1 saturated carbocycles. The number of hydrogen-bond donors (Lipinski definition) is 2. The Balaban J connectivity index is 1.43. The largest absolute Gasteiger partial charge is 0.383 e. The predicted octanol–water partition coefficient (Wildman–Crippen LogP) is 4.24. The van der Waals surface area contributed by atoms with Crippen LogP contribution in [0.1, 0.15) is 35.2 Å². The van der Waals surface area contributed by atoms with Crippen molar-refractivity contribution in [1.82, 2.24) is 20.1 Å². The zero-order valence-corrected chi connectivity index (χ0v) is 18.5. The van der Waals surface area contributed by atoms with Crippen molar-refractivity contribution in [3.05, 3.63) is 64.0 Å². The fourth-order valence-corrected chi connectivity index (χ4v) is 4.08. The lowest BCUT2D eigenvalue weighted by molar-refractivity contribution is 0.0272. The Morgan fingerprint density at radius 1 is 1.23 bits per heavy atom. The van der Waals surface area contributed by atoms with Gasteiger partial charge in [0.2, 0.25) is 0 Å². The monoisotopic (exact) mass is 459 g/mol. The average Bonchev–Trinajstić information content (AvgIpc) is 3.38. The van der Waals surface area contributed by atoms with E-state index in [1.54, 1.807) is 35.3 Å². The third-order valence-corrected chi connectivity index (χ3v) is 6.16. The second-order valence-electron chi connectivity index (χ2n) is 7.67. The molecule has 3 N–H and O–H groups in total. The molecule has 0 radical (unpaired) electrons. The van der Waals surface area contributed by atoms with E-state index < -0.39 is 0 Å². The first-order chi connectivity index (χ1) is 14.9. The summed E-state index contributed by atoms with van der Waals surface area (Å²) >= 11 is 12.1. The number of nitrogens with one attached hydrogen (secondary N) is 1. The first-order valence-electron chi connectivity index (χ1n) is 10.0. The van der Waals surface area contributed by atoms with Crippen molar-refractivity contribution in [3.63, 3.8) is 0 Å². The molecule has 9 heteroatoms. The number of amides is 1. The van der Waals surface area contributed by atoms with Gasteiger partial charge in [-0.05, 0) is 43.0 Å². The van der Waals surface area contributed by atoms with E-state index in [4.69, 9.17) is 33.7 Å². The third-order valence-electron chi connectivity index (χ3n) is 5.42. The standard InChI is InChI=1S/C22H23Cl2N5O2/c1-29-11-15(10-27-29)14-8-16(21(25)26-9-14)22(30)28-19-3-2-4-20(19)31-12-13-5-6-17(23)18(24)7-13/h5-11,19-20H,2-4,12H2,1H3,(H2,25,26)(H,28,30)/t19-,20-/m1/s1. The van der Waals surface area contributed by atoms with E-state index >= 15 is 0 Å². The lowest BCUT2D eigenvalue weighted by Gasteiger charge is -2.22. The van der Waals surface area contributed by atoms with Gasteiger partial charge in [0, 0.05) is 30.6 Å². The molecule has 2 heterocycles. The normalized spacial score (nSPS) is 18.3. The summed E-state index contributed by atoms with van der Waals surface area (Å²) in [7, 11) is 1.83. The van der Waals surface area contributed by atoms with Gasteiger partial charge in [-0.15, -0.1) is 0 Å². The van der Waals surface area contributed by atoms with Gasteiger partial charge < -0.3 is 15.8 Å². The van der Waals surface area contributed by atoms with Crippen LogP contribution in [0.5, 0.6) is 0 Å². The van der Waals surface area contributed by atoms with E-state index in [9.17, 15) is 4.79 Å². The van der Waals surface area contributed by atoms with Crippen molar-refractivity contribution in [2.45, 2.75) is 38.0 Å². The second kappa shape index (κ2) is 9.26. The van der Waals surface area contributed by atoms with E-state index in [-0.39, 0.29) is 23.9 Å². The number of nitrogen functional groups attached to an aromatic ring is 1. The molecule has 1 aliphatic rings. The number of aryl methyl sites for hydroxylation is 1. The van der Waals surface area contributed by atoms with Crippen LogP contribution in [-0.2, 0) is 18.4 Å². The summed E-state index contributed by atoms with van der Waals surface area (Å²) < 4.78 is 7.78. The highest BCUT2D eigenvalue weighted by Crippen LogP contribution is 2.27. The summed E-state index contributed by atoms with van der Waals surface area (Å²) in [5, 5.41) is 8.24. The molecule has 0 bridgehead atoms. The first-order valence-corrected chi connectivity index (χ1v) is 10.8. The molecule has 0 spiro atoms. The molecule has 0 aliphatic heterocycles. The van der Waals surface area contributed by atoms with Crippen LogP contribution in [0.3, 0.4) is 0 Å². The van der Waals surface area contributed by atoms with Crippen LogP contribution in [0.4, 0.5) is 5.82 Å². The lowest BCUT2D eigenvalue weighted by Crippen LogP contribution is -2.41. The average molecular weight is 460 g/mol. The quantitative estimate of drug-likeness (QED) is 0.574. The highest BCUT2D eigenvalue weighted by molar-refractivity contribution is 6.42. The number of rotatable bonds is 6. The lowest BCUT2D eigenvalue weighted by atomic mass is 10.1. The highest BCUT2D eigenvalue weighted by atomic mass is 35.5. The fourth-order valence-electron chi connectivity index (χ4n) is 3.75. The molecule has 2 atom stereocenters. The zero-order chi connectivity index (χ0) is 22.0. The van der Waals surface area contributed by atoms with Crippen LogP contribution in [0.25, 0.3) is 11.1 Å². The maximum Gasteiger partial charge on any atom is 0.255 e. The van der Waals surface area contributed by atoms with Crippen molar-refractivity contribution in [3.8, 4) is 11.1 Å². The van der Waals surface area contributed by atoms with Gasteiger partial charge in [-0.1, -0.05) is 29.3 Å². The van der Waals surface area contributed by atoms with Gasteiger partial charge in [0.05, 0.1) is 40.6 Å². The summed E-state index contributed by atoms with van der Waals surface area (Å²) in [6, 6.07) is 7.07. The van der Waals surface area contributed by atoms with Crippen molar-refractivity contribution in [2.24, 2.45) is 7.05 Å².